The summed E-state index contributed by atoms with van der Waals surface area (Å²) in [5, 5.41) is 12.6. The Morgan fingerprint density at radius 2 is 1.67 bits per heavy atom. The van der Waals surface area contributed by atoms with Gasteiger partial charge in [0.2, 0.25) is 11.8 Å². The number of anilines is 1. The molecule has 7 aliphatic rings. The lowest BCUT2D eigenvalue weighted by atomic mass is 9.69. The van der Waals surface area contributed by atoms with Crippen molar-refractivity contribution in [2.24, 2.45) is 5.92 Å². The van der Waals surface area contributed by atoms with Crippen LogP contribution in [0.3, 0.4) is 0 Å². The van der Waals surface area contributed by atoms with Gasteiger partial charge in [-0.25, -0.2) is 0 Å². The van der Waals surface area contributed by atoms with Gasteiger partial charge in [-0.2, -0.15) is 0 Å². The van der Waals surface area contributed by atoms with E-state index in [2.05, 4.69) is 81.8 Å². The third-order valence-electron chi connectivity index (χ3n) is 14.7. The smallest absolute Gasteiger partial charge is 0.255 e. The van der Waals surface area contributed by atoms with Gasteiger partial charge in [0, 0.05) is 59.8 Å². The van der Waals surface area contributed by atoms with Crippen LogP contribution in [0, 0.1) is 5.92 Å². The minimum absolute atomic E-state index is 0.0603. The molecule has 298 valence electrons. The summed E-state index contributed by atoms with van der Waals surface area (Å²) in [5.41, 5.74) is 9.10. The molecule has 10 nitrogen and oxygen atoms in total. The number of rotatable bonds is 6. The number of aryl methyl sites for hydroxylation is 1. The molecule has 4 saturated heterocycles. The lowest BCUT2D eigenvalue weighted by Gasteiger charge is -2.49. The standard InChI is InChI=1S/C48H50N4O6/c53-35-11-13-37-33(22-35)8-12-36(31-4-2-1-3-5-31)43(37)32-6-9-34(10-7-32)51-27-48(28-51)23-30(26-58-48)24-50-20-18-47(19-21-50)29-57-44-39-25-52(41-16-17-42(54)49-45(41)55)46(56)38(39)14-15-40(44)47/h1-7,9-11,13-15,22,30,36,41,43,53H,8,12,16-21,23-29H2,(H,49,54,55)/t30-,36+,41-,43-/m0/s1. The van der Waals surface area contributed by atoms with Gasteiger partial charge in [-0.1, -0.05) is 54.6 Å². The molecule has 1 aliphatic carbocycles. The number of nitrogens with zero attached hydrogens (tertiary/aromatic N) is 3. The molecule has 0 saturated carbocycles. The first kappa shape index (κ1) is 35.9. The third-order valence-corrected chi connectivity index (χ3v) is 14.7. The third kappa shape index (κ3) is 5.93. The molecule has 3 amide bonds. The van der Waals surface area contributed by atoms with Crippen LogP contribution in [-0.2, 0) is 32.7 Å². The number of ether oxygens (including phenoxy) is 2. The lowest BCUT2D eigenvalue weighted by Crippen LogP contribution is -2.61. The molecule has 4 aromatic rings. The summed E-state index contributed by atoms with van der Waals surface area (Å²) < 4.78 is 13.0. The molecular formula is C48H50N4O6. The van der Waals surface area contributed by atoms with Gasteiger partial charge in [-0.15, -0.1) is 0 Å². The molecule has 2 N–H and O–H groups in total. The number of phenols is 1. The lowest BCUT2D eigenvalue weighted by molar-refractivity contribution is -0.136. The Hall–Kier alpha value is -5.19. The number of phenolic OH excluding ortho intramolecular Hbond substituents is 1. The van der Waals surface area contributed by atoms with Crippen LogP contribution < -0.4 is 15.0 Å². The van der Waals surface area contributed by atoms with E-state index < -0.39 is 6.04 Å². The molecule has 6 heterocycles. The molecule has 0 radical (unpaired) electrons. The first-order chi connectivity index (χ1) is 28.2. The van der Waals surface area contributed by atoms with Crippen molar-refractivity contribution < 1.29 is 29.0 Å². The Morgan fingerprint density at radius 1 is 0.862 bits per heavy atom. The Morgan fingerprint density at radius 3 is 2.47 bits per heavy atom. The second-order valence-corrected chi connectivity index (χ2v) is 18.2. The predicted octanol–water partition coefficient (Wildman–Crippen LogP) is 6.04. The number of aromatic hydroxyl groups is 1. The fourth-order valence-electron chi connectivity index (χ4n) is 11.7. The average Bonchev–Trinajstić information content (AvgIpc) is 3.92. The molecule has 4 atom stereocenters. The zero-order valence-electron chi connectivity index (χ0n) is 32.8. The van der Waals surface area contributed by atoms with E-state index in [9.17, 15) is 19.5 Å². The van der Waals surface area contributed by atoms with Crippen molar-refractivity contribution in [1.82, 2.24) is 15.1 Å². The fraction of sp³-hybridized carbons (Fsp3) is 0.438. The van der Waals surface area contributed by atoms with Gasteiger partial charge in [0.15, 0.2) is 0 Å². The highest BCUT2D eigenvalue weighted by atomic mass is 16.5. The van der Waals surface area contributed by atoms with Gasteiger partial charge in [-0.3, -0.25) is 19.7 Å². The number of likely N-dealkylation sites (tertiary alicyclic amines) is 1. The molecule has 0 aromatic heterocycles. The summed E-state index contributed by atoms with van der Waals surface area (Å²) in [7, 11) is 0. The second kappa shape index (κ2) is 13.7. The van der Waals surface area contributed by atoms with Crippen LogP contribution in [0.4, 0.5) is 5.69 Å². The molecule has 0 unspecified atom stereocenters. The molecule has 58 heavy (non-hydrogen) atoms. The van der Waals surface area contributed by atoms with E-state index in [1.165, 1.54) is 33.5 Å². The predicted molar refractivity (Wildman–Crippen MR) is 218 cm³/mol. The first-order valence-corrected chi connectivity index (χ1v) is 21.3. The number of piperidine rings is 2. The highest BCUT2D eigenvalue weighted by Gasteiger charge is 2.51. The van der Waals surface area contributed by atoms with E-state index in [4.69, 9.17) is 9.47 Å². The van der Waals surface area contributed by atoms with E-state index >= 15 is 0 Å². The molecule has 0 bridgehead atoms. The number of nitrogens with one attached hydrogen (secondary N) is 1. The summed E-state index contributed by atoms with van der Waals surface area (Å²) in [6.07, 6.45) is 5.73. The number of hydrogen-bond donors (Lipinski definition) is 2. The Bertz CT molecular complexity index is 2300. The van der Waals surface area contributed by atoms with Crippen LogP contribution in [-0.4, -0.2) is 90.2 Å². The average molecular weight is 779 g/mol. The zero-order valence-corrected chi connectivity index (χ0v) is 32.8. The first-order valence-electron chi connectivity index (χ1n) is 21.3. The van der Waals surface area contributed by atoms with Crippen LogP contribution in [0.15, 0.2) is 84.9 Å². The Kier molecular flexibility index (Phi) is 8.49. The fourth-order valence-corrected chi connectivity index (χ4v) is 11.7. The van der Waals surface area contributed by atoms with Crippen molar-refractivity contribution in [3.8, 4) is 11.5 Å². The number of imide groups is 1. The summed E-state index contributed by atoms with van der Waals surface area (Å²) >= 11 is 0. The number of hydrogen-bond acceptors (Lipinski definition) is 8. The highest BCUT2D eigenvalue weighted by molar-refractivity contribution is 6.05. The molecule has 2 spiro atoms. The second-order valence-electron chi connectivity index (χ2n) is 18.2. The topological polar surface area (TPSA) is 112 Å². The van der Waals surface area contributed by atoms with Gasteiger partial charge in [-0.05, 0) is 116 Å². The van der Waals surface area contributed by atoms with E-state index in [-0.39, 0.29) is 41.1 Å². The van der Waals surface area contributed by atoms with Crippen molar-refractivity contribution in [2.75, 3.05) is 50.8 Å². The summed E-state index contributed by atoms with van der Waals surface area (Å²) in [4.78, 5) is 44.4. The quantitative estimate of drug-likeness (QED) is 0.228. The minimum atomic E-state index is -0.628. The SMILES string of the molecule is O=C1CC[C@H](N2Cc3c(ccc4c3OCC43CCN(C[C@H]4COC5(C4)CN(c4ccc([C@@H]6c7ccc(O)cc7CC[C@@H]6c6ccccc6)cc4)C5)CC3)C2=O)C(=O)N1. The van der Waals surface area contributed by atoms with Crippen molar-refractivity contribution in [3.63, 3.8) is 0 Å². The summed E-state index contributed by atoms with van der Waals surface area (Å²) in [5.74, 6) is 1.50. The maximum atomic E-state index is 13.4. The van der Waals surface area contributed by atoms with Gasteiger partial charge < -0.3 is 29.3 Å². The molecule has 4 aromatic carbocycles. The van der Waals surface area contributed by atoms with E-state index in [0.717, 1.165) is 82.7 Å². The minimum Gasteiger partial charge on any atom is -0.508 e. The van der Waals surface area contributed by atoms with Crippen molar-refractivity contribution in [1.29, 1.82) is 0 Å². The van der Waals surface area contributed by atoms with Crippen molar-refractivity contribution in [3.05, 3.63) is 124 Å². The normalized spacial score (nSPS) is 26.9. The van der Waals surface area contributed by atoms with E-state index in [1.807, 2.05) is 18.2 Å². The van der Waals surface area contributed by atoms with Gasteiger partial charge in [0.25, 0.3) is 5.91 Å². The van der Waals surface area contributed by atoms with Crippen LogP contribution in [0.1, 0.15) is 94.1 Å². The maximum absolute atomic E-state index is 13.4. The number of amides is 3. The number of fused-ring (bicyclic) bond motifs is 5. The van der Waals surface area contributed by atoms with Crippen LogP contribution in [0.2, 0.25) is 0 Å². The Balaban J connectivity index is 0.705. The molecule has 4 fully saturated rings. The number of benzene rings is 4. The molecule has 11 rings (SSSR count). The Labute approximate surface area is 339 Å². The summed E-state index contributed by atoms with van der Waals surface area (Å²) in [6, 6.07) is 29.4. The summed E-state index contributed by atoms with van der Waals surface area (Å²) in [6.45, 7) is 6.66. The van der Waals surface area contributed by atoms with Gasteiger partial charge in [0.05, 0.1) is 19.8 Å². The largest absolute Gasteiger partial charge is 0.508 e. The van der Waals surface area contributed by atoms with Crippen LogP contribution >= 0.6 is 0 Å². The van der Waals surface area contributed by atoms with E-state index in [0.29, 0.717) is 42.7 Å². The highest BCUT2D eigenvalue weighted by Crippen LogP contribution is 2.51. The molecule has 6 aliphatic heterocycles. The van der Waals surface area contributed by atoms with Gasteiger partial charge in [0.1, 0.15) is 23.1 Å². The van der Waals surface area contributed by atoms with Crippen LogP contribution in [0.5, 0.6) is 11.5 Å². The van der Waals surface area contributed by atoms with Crippen molar-refractivity contribution >= 4 is 23.4 Å². The number of carbonyl (C=O) groups excluding carboxylic acids is 3. The monoisotopic (exact) mass is 778 g/mol. The van der Waals surface area contributed by atoms with Crippen molar-refractivity contribution in [2.45, 2.75) is 80.4 Å². The zero-order chi connectivity index (χ0) is 39.2. The van der Waals surface area contributed by atoms with Gasteiger partial charge >= 0.3 is 0 Å². The number of carbonyl (C=O) groups is 3. The molecular weight excluding hydrogens is 729 g/mol. The van der Waals surface area contributed by atoms with E-state index in [1.54, 1.807) is 4.90 Å². The van der Waals surface area contributed by atoms with Crippen LogP contribution in [0.25, 0.3) is 0 Å². The maximum Gasteiger partial charge on any atom is 0.255 e. The molecule has 10 heteroatoms.